The van der Waals surface area contributed by atoms with Crippen molar-refractivity contribution in [2.24, 2.45) is 0 Å². The Labute approximate surface area is 174 Å². The van der Waals surface area contributed by atoms with Gasteiger partial charge in [-0.05, 0) is 41.5 Å². The molecule has 0 atom stereocenters. The fourth-order valence-corrected chi connectivity index (χ4v) is 3.78. The zero-order valence-corrected chi connectivity index (χ0v) is 17.3. The van der Waals surface area contributed by atoms with Crippen molar-refractivity contribution in [3.8, 4) is 11.5 Å². The summed E-state index contributed by atoms with van der Waals surface area (Å²) in [4.78, 5) is 27.5. The van der Waals surface area contributed by atoms with Crippen molar-refractivity contribution in [3.05, 3.63) is 59.8 Å². The topological polar surface area (TPSA) is 67.9 Å². The number of carbonyl (C=O) groups excluding carboxylic acids is 2. The molecule has 2 aromatic rings. The molecule has 0 spiro atoms. The van der Waals surface area contributed by atoms with Crippen LogP contribution < -0.4 is 14.8 Å². The van der Waals surface area contributed by atoms with Crippen LogP contribution in [0.25, 0.3) is 6.08 Å². The molecule has 0 unspecified atom stereocenters. The number of carbonyl (C=O) groups is 2. The van der Waals surface area contributed by atoms with Crippen molar-refractivity contribution in [1.82, 2.24) is 10.2 Å². The smallest absolute Gasteiger partial charge is 0.240 e. The summed E-state index contributed by atoms with van der Waals surface area (Å²) in [5, 5.41) is 2.87. The lowest BCUT2D eigenvalue weighted by Crippen LogP contribution is -2.38. The van der Waals surface area contributed by atoms with Gasteiger partial charge in [0.1, 0.15) is 6.54 Å². The first-order valence-corrected chi connectivity index (χ1v) is 10.3. The van der Waals surface area contributed by atoms with Crippen molar-refractivity contribution < 1.29 is 19.1 Å². The van der Waals surface area contributed by atoms with E-state index in [1.807, 2.05) is 42.5 Å². The van der Waals surface area contributed by atoms with E-state index < -0.39 is 0 Å². The maximum atomic E-state index is 12.6. The molecule has 2 aromatic carbocycles. The van der Waals surface area contributed by atoms with Crippen molar-refractivity contribution in [3.63, 3.8) is 0 Å². The summed E-state index contributed by atoms with van der Waals surface area (Å²) in [6.07, 6.45) is 3.67. The second-order valence-corrected chi connectivity index (χ2v) is 7.60. The minimum atomic E-state index is -0.183. The van der Waals surface area contributed by atoms with Crippen LogP contribution in [0.5, 0.6) is 11.5 Å². The summed E-state index contributed by atoms with van der Waals surface area (Å²) in [6, 6.07) is 13.7. The number of benzene rings is 2. The Hall–Kier alpha value is -2.93. The molecule has 1 heterocycles. The summed E-state index contributed by atoms with van der Waals surface area (Å²) >= 11 is 1.68. The van der Waals surface area contributed by atoms with Crippen LogP contribution in [0.3, 0.4) is 0 Å². The van der Waals surface area contributed by atoms with E-state index in [4.69, 9.17) is 9.47 Å². The Balaban J connectivity index is 1.54. The highest BCUT2D eigenvalue weighted by Crippen LogP contribution is 2.32. The molecule has 0 aromatic heterocycles. The van der Waals surface area contributed by atoms with E-state index in [-0.39, 0.29) is 24.8 Å². The molecule has 0 fully saturated rings. The molecule has 0 saturated carbocycles. The fraction of sp³-hybridized carbons (Fsp3) is 0.273. The van der Waals surface area contributed by atoms with Gasteiger partial charge in [0.05, 0.1) is 20.6 Å². The Bertz CT molecular complexity index is 899. The van der Waals surface area contributed by atoms with Crippen molar-refractivity contribution in [2.45, 2.75) is 11.3 Å². The summed E-state index contributed by atoms with van der Waals surface area (Å²) in [7, 11) is 3.13. The molecule has 6 nitrogen and oxygen atoms in total. The fourth-order valence-electron chi connectivity index (χ4n) is 2.99. The lowest BCUT2D eigenvalue weighted by molar-refractivity contribution is -0.132. The molecular formula is C22H24N2O4S. The third-order valence-electron chi connectivity index (χ3n) is 4.49. The molecule has 2 amide bonds. The van der Waals surface area contributed by atoms with Gasteiger partial charge in [0, 0.05) is 23.4 Å². The predicted molar refractivity (Wildman–Crippen MR) is 114 cm³/mol. The lowest BCUT2D eigenvalue weighted by Gasteiger charge is -2.16. The van der Waals surface area contributed by atoms with Gasteiger partial charge in [-0.2, -0.15) is 0 Å². The number of ether oxygens (including phenoxy) is 2. The molecule has 1 N–H and O–H groups in total. The Kier molecular flexibility index (Phi) is 7.19. The first-order valence-electron chi connectivity index (χ1n) is 9.28. The molecule has 7 heteroatoms. The lowest BCUT2D eigenvalue weighted by atomic mass is 10.0. The van der Waals surface area contributed by atoms with Crippen LogP contribution in [0.1, 0.15) is 11.1 Å². The van der Waals surface area contributed by atoms with Gasteiger partial charge in [-0.1, -0.05) is 18.2 Å². The number of fused-ring (bicyclic) bond motifs is 1. The van der Waals surface area contributed by atoms with Crippen LogP contribution in [-0.2, 0) is 16.0 Å². The molecular weight excluding hydrogens is 388 g/mol. The minimum Gasteiger partial charge on any atom is -0.493 e. The molecule has 3 rings (SSSR count). The van der Waals surface area contributed by atoms with Crippen LogP contribution in [0.2, 0.25) is 0 Å². The van der Waals surface area contributed by atoms with E-state index in [0.717, 1.165) is 21.8 Å². The van der Waals surface area contributed by atoms with Gasteiger partial charge in [-0.25, -0.2) is 0 Å². The standard InChI is InChI=1S/C22H24N2O4S/c1-27-19-12-16-8-10-24(22(26)14-17(16)13-20(19)28-2)15-21(25)23-9-11-29-18-6-4-3-5-7-18/h3-8,10,12-13H,9,11,14-15H2,1-2H3,(H,23,25). The number of rotatable bonds is 8. The molecule has 0 aliphatic carbocycles. The maximum Gasteiger partial charge on any atom is 0.240 e. The van der Waals surface area contributed by atoms with Crippen molar-refractivity contribution in [1.29, 1.82) is 0 Å². The Morgan fingerprint density at radius 1 is 1.14 bits per heavy atom. The highest BCUT2D eigenvalue weighted by Gasteiger charge is 2.21. The van der Waals surface area contributed by atoms with Gasteiger partial charge < -0.3 is 19.7 Å². The largest absolute Gasteiger partial charge is 0.493 e. The molecule has 0 saturated heterocycles. The van der Waals surface area contributed by atoms with Crippen LogP contribution in [0.4, 0.5) is 0 Å². The number of hydrogen-bond donors (Lipinski definition) is 1. The number of nitrogens with zero attached hydrogens (tertiary/aromatic N) is 1. The number of nitrogens with one attached hydrogen (secondary N) is 1. The number of hydrogen-bond acceptors (Lipinski definition) is 5. The molecule has 1 aliphatic rings. The second kappa shape index (κ2) is 10.0. The summed E-state index contributed by atoms with van der Waals surface area (Å²) in [6.45, 7) is 0.534. The van der Waals surface area contributed by atoms with E-state index in [1.54, 1.807) is 38.2 Å². The van der Waals surface area contributed by atoms with E-state index in [2.05, 4.69) is 5.32 Å². The average molecular weight is 413 g/mol. The molecule has 152 valence electrons. The third-order valence-corrected chi connectivity index (χ3v) is 5.51. The van der Waals surface area contributed by atoms with Gasteiger partial charge >= 0.3 is 0 Å². The van der Waals surface area contributed by atoms with Crippen LogP contribution in [-0.4, -0.2) is 49.8 Å². The number of thioether (sulfide) groups is 1. The summed E-state index contributed by atoms with van der Waals surface area (Å²) in [5.41, 5.74) is 1.71. The van der Waals surface area contributed by atoms with Gasteiger partial charge in [-0.15, -0.1) is 11.8 Å². The monoisotopic (exact) mass is 412 g/mol. The van der Waals surface area contributed by atoms with E-state index in [9.17, 15) is 9.59 Å². The Morgan fingerprint density at radius 3 is 2.59 bits per heavy atom. The molecule has 0 bridgehead atoms. The molecule has 1 aliphatic heterocycles. The first-order chi connectivity index (χ1) is 14.1. The van der Waals surface area contributed by atoms with E-state index in [1.165, 1.54) is 4.90 Å². The molecule has 0 radical (unpaired) electrons. The van der Waals surface area contributed by atoms with E-state index in [0.29, 0.717) is 18.0 Å². The normalized spacial score (nSPS) is 12.9. The average Bonchev–Trinajstić information content (AvgIpc) is 2.89. The quantitative estimate of drug-likeness (QED) is 0.533. The van der Waals surface area contributed by atoms with Gasteiger partial charge in [0.2, 0.25) is 11.8 Å². The van der Waals surface area contributed by atoms with Gasteiger partial charge in [0.25, 0.3) is 0 Å². The SMILES string of the molecule is COc1cc2c(cc1OC)CC(=O)N(CC(=O)NCCSc1ccccc1)C=C2. The second-order valence-electron chi connectivity index (χ2n) is 6.43. The highest BCUT2D eigenvalue weighted by molar-refractivity contribution is 7.99. The third kappa shape index (κ3) is 5.54. The summed E-state index contributed by atoms with van der Waals surface area (Å²) in [5.74, 6) is 1.63. The van der Waals surface area contributed by atoms with Crippen LogP contribution >= 0.6 is 11.8 Å². The first kappa shape index (κ1) is 20.8. The zero-order chi connectivity index (χ0) is 20.6. The number of methoxy groups -OCH3 is 2. The van der Waals surface area contributed by atoms with E-state index >= 15 is 0 Å². The zero-order valence-electron chi connectivity index (χ0n) is 16.5. The summed E-state index contributed by atoms with van der Waals surface area (Å²) < 4.78 is 10.6. The van der Waals surface area contributed by atoms with Crippen LogP contribution in [0.15, 0.2) is 53.6 Å². The van der Waals surface area contributed by atoms with Crippen molar-refractivity contribution >= 4 is 29.7 Å². The van der Waals surface area contributed by atoms with Crippen LogP contribution in [0, 0.1) is 0 Å². The highest BCUT2D eigenvalue weighted by atomic mass is 32.2. The Morgan fingerprint density at radius 2 is 1.86 bits per heavy atom. The molecule has 29 heavy (non-hydrogen) atoms. The van der Waals surface area contributed by atoms with Gasteiger partial charge in [0.15, 0.2) is 11.5 Å². The maximum absolute atomic E-state index is 12.6. The van der Waals surface area contributed by atoms with Gasteiger partial charge in [-0.3, -0.25) is 9.59 Å². The predicted octanol–water partition coefficient (Wildman–Crippen LogP) is 2.97. The number of amides is 2. The minimum absolute atomic E-state index is 0.00635. The van der Waals surface area contributed by atoms with Crippen molar-refractivity contribution in [2.75, 3.05) is 33.1 Å².